The Morgan fingerprint density at radius 2 is 2.16 bits per heavy atom. The minimum Gasteiger partial charge on any atom is -0.472 e. The van der Waals surface area contributed by atoms with Crippen LogP contribution in [0.2, 0.25) is 0 Å². The monoisotopic (exact) mass is 342 g/mol. The first-order valence-electron chi connectivity index (χ1n) is 9.88. The maximum absolute atomic E-state index is 12.5. The van der Waals surface area contributed by atoms with E-state index in [4.69, 9.17) is 4.42 Å². The van der Waals surface area contributed by atoms with Gasteiger partial charge in [-0.15, -0.1) is 0 Å². The molecule has 1 aromatic rings. The molecule has 4 nitrogen and oxygen atoms in total. The Labute approximate surface area is 150 Å². The van der Waals surface area contributed by atoms with Crippen LogP contribution in [0.5, 0.6) is 0 Å². The molecule has 3 fully saturated rings. The zero-order valence-electron chi connectivity index (χ0n) is 15.3. The molecule has 1 saturated heterocycles. The lowest BCUT2D eigenvalue weighted by Crippen LogP contribution is -2.48. The molecule has 0 bridgehead atoms. The van der Waals surface area contributed by atoms with Crippen LogP contribution in [0.1, 0.15) is 44.1 Å². The van der Waals surface area contributed by atoms with Crippen molar-refractivity contribution in [1.29, 1.82) is 0 Å². The van der Waals surface area contributed by atoms with E-state index in [1.165, 1.54) is 51.7 Å². The van der Waals surface area contributed by atoms with Crippen LogP contribution in [0.4, 0.5) is 0 Å². The van der Waals surface area contributed by atoms with Gasteiger partial charge in [-0.1, -0.05) is 0 Å². The van der Waals surface area contributed by atoms with Gasteiger partial charge in [-0.3, -0.25) is 4.79 Å². The first-order valence-corrected chi connectivity index (χ1v) is 9.88. The highest BCUT2D eigenvalue weighted by molar-refractivity contribution is 5.91. The zero-order chi connectivity index (χ0) is 17.2. The van der Waals surface area contributed by atoms with E-state index in [1.807, 2.05) is 24.1 Å². The molecule has 2 saturated carbocycles. The van der Waals surface area contributed by atoms with Crippen LogP contribution in [-0.4, -0.2) is 48.4 Å². The van der Waals surface area contributed by atoms with Crippen LogP contribution < -0.4 is 0 Å². The van der Waals surface area contributed by atoms with Crippen molar-refractivity contribution in [2.24, 2.45) is 17.8 Å². The van der Waals surface area contributed by atoms with E-state index in [1.54, 1.807) is 18.6 Å². The van der Waals surface area contributed by atoms with Gasteiger partial charge in [0.1, 0.15) is 0 Å². The molecule has 136 valence electrons. The van der Waals surface area contributed by atoms with Gasteiger partial charge in [0, 0.05) is 37.8 Å². The highest BCUT2D eigenvalue weighted by Gasteiger charge is 2.37. The molecule has 3 atom stereocenters. The predicted octanol–water partition coefficient (Wildman–Crippen LogP) is 3.65. The van der Waals surface area contributed by atoms with Crippen molar-refractivity contribution >= 4 is 12.0 Å². The van der Waals surface area contributed by atoms with Gasteiger partial charge < -0.3 is 14.2 Å². The highest BCUT2D eigenvalue weighted by Crippen LogP contribution is 2.39. The van der Waals surface area contributed by atoms with E-state index in [9.17, 15) is 4.79 Å². The van der Waals surface area contributed by atoms with Crippen LogP contribution in [0, 0.1) is 17.8 Å². The fourth-order valence-electron chi connectivity index (χ4n) is 4.69. The molecule has 2 heterocycles. The molecule has 1 aliphatic heterocycles. The molecule has 25 heavy (non-hydrogen) atoms. The van der Waals surface area contributed by atoms with E-state index < -0.39 is 0 Å². The van der Waals surface area contributed by atoms with Crippen molar-refractivity contribution in [2.75, 3.05) is 26.7 Å². The number of likely N-dealkylation sites (N-methyl/N-ethyl adjacent to an activating group) is 1. The SMILES string of the molecule is CN(C(=O)/C=C/c1ccoc1)[C@H]1CC[C@H]2CN(CC3CC3)CC[C@@H]2C1. The normalized spacial score (nSPS) is 30.4. The predicted molar refractivity (Wildman–Crippen MR) is 98.9 cm³/mol. The summed E-state index contributed by atoms with van der Waals surface area (Å²) in [5.74, 6) is 2.77. The molecule has 0 N–H and O–H groups in total. The molecule has 1 aromatic heterocycles. The van der Waals surface area contributed by atoms with Gasteiger partial charge in [-0.25, -0.2) is 0 Å². The van der Waals surface area contributed by atoms with E-state index in [-0.39, 0.29) is 5.91 Å². The number of hydrogen-bond acceptors (Lipinski definition) is 3. The van der Waals surface area contributed by atoms with Crippen LogP contribution in [0.25, 0.3) is 6.08 Å². The molecule has 0 aromatic carbocycles. The van der Waals surface area contributed by atoms with E-state index in [0.29, 0.717) is 6.04 Å². The molecule has 2 aliphatic carbocycles. The number of amides is 1. The van der Waals surface area contributed by atoms with Gasteiger partial charge in [0.25, 0.3) is 0 Å². The van der Waals surface area contributed by atoms with Crippen LogP contribution in [0.3, 0.4) is 0 Å². The molecular formula is C21H30N2O2. The average molecular weight is 342 g/mol. The molecule has 4 rings (SSSR count). The second-order valence-corrected chi connectivity index (χ2v) is 8.32. The van der Waals surface area contributed by atoms with Crippen molar-refractivity contribution in [3.05, 3.63) is 30.2 Å². The zero-order valence-corrected chi connectivity index (χ0v) is 15.3. The topological polar surface area (TPSA) is 36.7 Å². The van der Waals surface area contributed by atoms with E-state index in [0.717, 1.165) is 29.7 Å². The lowest BCUT2D eigenvalue weighted by atomic mass is 9.72. The number of fused-ring (bicyclic) bond motifs is 1. The largest absolute Gasteiger partial charge is 0.472 e. The van der Waals surface area contributed by atoms with Gasteiger partial charge in [0.15, 0.2) is 0 Å². The van der Waals surface area contributed by atoms with Crippen LogP contribution >= 0.6 is 0 Å². The van der Waals surface area contributed by atoms with Crippen LogP contribution in [0.15, 0.2) is 29.1 Å². The van der Waals surface area contributed by atoms with E-state index in [2.05, 4.69) is 4.90 Å². The molecular weight excluding hydrogens is 312 g/mol. The highest BCUT2D eigenvalue weighted by atomic mass is 16.3. The quantitative estimate of drug-likeness (QED) is 0.767. The lowest BCUT2D eigenvalue weighted by Gasteiger charge is -2.45. The Hall–Kier alpha value is -1.55. The maximum Gasteiger partial charge on any atom is 0.246 e. The van der Waals surface area contributed by atoms with Gasteiger partial charge in [0.05, 0.1) is 12.5 Å². The third-order valence-electron chi connectivity index (χ3n) is 6.49. The summed E-state index contributed by atoms with van der Waals surface area (Å²) in [6.45, 7) is 3.90. The first kappa shape index (κ1) is 16.9. The Bertz CT molecular complexity index is 605. The third kappa shape index (κ3) is 4.17. The van der Waals surface area contributed by atoms with Crippen molar-refractivity contribution in [3.63, 3.8) is 0 Å². The summed E-state index contributed by atoms with van der Waals surface area (Å²) >= 11 is 0. The summed E-state index contributed by atoms with van der Waals surface area (Å²) in [6.07, 6.45) is 14.6. The molecule has 4 heteroatoms. The average Bonchev–Trinajstić information content (AvgIpc) is 3.29. The first-order chi connectivity index (χ1) is 12.2. The van der Waals surface area contributed by atoms with Crippen molar-refractivity contribution in [2.45, 2.75) is 44.6 Å². The number of carbonyl (C=O) groups excluding carboxylic acids is 1. The number of rotatable bonds is 5. The summed E-state index contributed by atoms with van der Waals surface area (Å²) < 4.78 is 5.04. The minimum absolute atomic E-state index is 0.107. The van der Waals surface area contributed by atoms with Gasteiger partial charge in [-0.2, -0.15) is 0 Å². The number of furan rings is 1. The summed E-state index contributed by atoms with van der Waals surface area (Å²) in [5, 5.41) is 0. The number of nitrogens with zero attached hydrogens (tertiary/aromatic N) is 2. The fraction of sp³-hybridized carbons (Fsp3) is 0.667. The van der Waals surface area contributed by atoms with Gasteiger partial charge >= 0.3 is 0 Å². The number of carbonyl (C=O) groups is 1. The Kier molecular flexibility index (Phi) is 4.98. The summed E-state index contributed by atoms with van der Waals surface area (Å²) in [4.78, 5) is 17.1. The van der Waals surface area contributed by atoms with Crippen molar-refractivity contribution < 1.29 is 9.21 Å². The Balaban J connectivity index is 1.28. The second kappa shape index (κ2) is 7.36. The molecule has 0 spiro atoms. The van der Waals surface area contributed by atoms with Crippen molar-refractivity contribution in [3.8, 4) is 0 Å². The van der Waals surface area contributed by atoms with Gasteiger partial charge in [0.2, 0.25) is 5.91 Å². The maximum atomic E-state index is 12.5. The minimum atomic E-state index is 0.107. The fourth-order valence-corrected chi connectivity index (χ4v) is 4.69. The van der Waals surface area contributed by atoms with Crippen LogP contribution in [-0.2, 0) is 4.79 Å². The summed E-state index contributed by atoms with van der Waals surface area (Å²) in [6, 6.07) is 2.27. The number of hydrogen-bond donors (Lipinski definition) is 0. The summed E-state index contributed by atoms with van der Waals surface area (Å²) in [5.41, 5.74) is 0.938. The number of piperidine rings is 1. The smallest absolute Gasteiger partial charge is 0.246 e. The van der Waals surface area contributed by atoms with E-state index >= 15 is 0 Å². The molecule has 3 aliphatic rings. The Morgan fingerprint density at radius 3 is 2.92 bits per heavy atom. The molecule has 0 radical (unpaired) electrons. The lowest BCUT2D eigenvalue weighted by molar-refractivity contribution is -0.128. The molecule has 1 amide bonds. The summed E-state index contributed by atoms with van der Waals surface area (Å²) in [7, 11) is 1.97. The van der Waals surface area contributed by atoms with Gasteiger partial charge in [-0.05, 0) is 75.0 Å². The second-order valence-electron chi connectivity index (χ2n) is 8.32. The number of likely N-dealkylation sites (tertiary alicyclic amines) is 1. The Morgan fingerprint density at radius 1 is 1.28 bits per heavy atom. The third-order valence-corrected chi connectivity index (χ3v) is 6.49. The standard InChI is InChI=1S/C21H30N2O2/c1-22(21(24)7-4-17-9-11-25-15-17)20-6-5-19-14-23(13-16-2-3-16)10-8-18(19)12-20/h4,7,9,11,15-16,18-20H,2-3,5-6,8,10,12-14H2,1H3/b7-4+/t18-,19+,20+/m1/s1. The molecule has 0 unspecified atom stereocenters. The van der Waals surface area contributed by atoms with Crippen molar-refractivity contribution in [1.82, 2.24) is 9.80 Å².